The minimum atomic E-state index is -0.427. The summed E-state index contributed by atoms with van der Waals surface area (Å²) in [5.41, 5.74) is 2.26. The third-order valence-electron chi connectivity index (χ3n) is 3.27. The van der Waals surface area contributed by atoms with Gasteiger partial charge in [0.2, 0.25) is 5.91 Å². The van der Waals surface area contributed by atoms with Gasteiger partial charge in [0.1, 0.15) is 0 Å². The van der Waals surface area contributed by atoms with Gasteiger partial charge in [-0.15, -0.1) is 11.3 Å². The lowest BCUT2D eigenvalue weighted by molar-refractivity contribution is -0.115. The Morgan fingerprint density at radius 1 is 1.08 bits per heavy atom. The number of hydrogen-bond donors (Lipinski definition) is 3. The second kappa shape index (κ2) is 8.00. The number of aromatic nitrogens is 1. The molecule has 0 radical (unpaired) electrons. The van der Waals surface area contributed by atoms with Crippen LogP contribution in [-0.2, 0) is 4.79 Å². The fourth-order valence-corrected chi connectivity index (χ4v) is 3.66. The van der Waals surface area contributed by atoms with Gasteiger partial charge in [0, 0.05) is 11.4 Å². The number of nitrogens with one attached hydrogen (secondary N) is 3. The van der Waals surface area contributed by atoms with E-state index in [-0.39, 0.29) is 12.5 Å². The predicted molar refractivity (Wildman–Crippen MR) is 103 cm³/mol. The molecular formula is C17H16N4O2S2. The van der Waals surface area contributed by atoms with Gasteiger partial charge in [-0.2, -0.15) is 0 Å². The smallest absolute Gasteiger partial charge is 0.319 e. The zero-order valence-electron chi connectivity index (χ0n) is 13.4. The summed E-state index contributed by atoms with van der Waals surface area (Å²) in [4.78, 5) is 28.2. The summed E-state index contributed by atoms with van der Waals surface area (Å²) in [5.74, 6) is -0.294. The Labute approximate surface area is 153 Å². The van der Waals surface area contributed by atoms with Crippen LogP contribution in [0, 0.1) is 0 Å². The van der Waals surface area contributed by atoms with Crippen LogP contribution in [0.15, 0.2) is 52.9 Å². The topological polar surface area (TPSA) is 83.1 Å². The highest BCUT2D eigenvalue weighted by atomic mass is 32.2. The van der Waals surface area contributed by atoms with E-state index in [0.29, 0.717) is 11.4 Å². The molecule has 0 aliphatic rings. The summed E-state index contributed by atoms with van der Waals surface area (Å²) < 4.78 is 2.00. The summed E-state index contributed by atoms with van der Waals surface area (Å²) in [6.45, 7) is -0.116. The third kappa shape index (κ3) is 4.71. The lowest BCUT2D eigenvalue weighted by Crippen LogP contribution is -2.35. The Morgan fingerprint density at radius 3 is 2.64 bits per heavy atom. The number of benzene rings is 2. The van der Waals surface area contributed by atoms with Gasteiger partial charge in [-0.25, -0.2) is 9.78 Å². The largest absolute Gasteiger partial charge is 0.329 e. The maximum atomic E-state index is 12.0. The minimum Gasteiger partial charge on any atom is -0.329 e. The summed E-state index contributed by atoms with van der Waals surface area (Å²) >= 11 is 3.17. The molecule has 3 aromatic rings. The average Bonchev–Trinajstić information content (AvgIpc) is 3.03. The monoisotopic (exact) mass is 372 g/mol. The first-order chi connectivity index (χ1) is 12.1. The first kappa shape index (κ1) is 17.2. The molecule has 0 aliphatic heterocycles. The molecule has 0 aliphatic carbocycles. The molecule has 3 amide bonds. The van der Waals surface area contributed by atoms with Gasteiger partial charge in [0.15, 0.2) is 4.34 Å². The summed E-state index contributed by atoms with van der Waals surface area (Å²) in [5, 5.41) is 7.95. The van der Waals surface area contributed by atoms with E-state index in [4.69, 9.17) is 0 Å². The number of carbonyl (C=O) groups excluding carboxylic acids is 2. The van der Waals surface area contributed by atoms with Gasteiger partial charge >= 0.3 is 6.03 Å². The number of carbonyl (C=O) groups is 2. The molecule has 0 bridgehead atoms. The molecule has 3 N–H and O–H groups in total. The number of nitrogens with zero attached hydrogens (tertiary/aromatic N) is 1. The zero-order chi connectivity index (χ0) is 17.6. The van der Waals surface area contributed by atoms with Gasteiger partial charge in [-0.1, -0.05) is 30.0 Å². The Bertz CT molecular complexity index is 896. The lowest BCUT2D eigenvalue weighted by atomic mass is 10.3. The first-order valence-corrected chi connectivity index (χ1v) is 9.52. The van der Waals surface area contributed by atoms with Crippen LogP contribution in [0.4, 0.5) is 16.2 Å². The number of rotatable bonds is 5. The van der Waals surface area contributed by atoms with Crippen LogP contribution < -0.4 is 16.0 Å². The molecule has 1 aromatic heterocycles. The van der Waals surface area contributed by atoms with Crippen LogP contribution in [0.5, 0.6) is 0 Å². The van der Waals surface area contributed by atoms with Crippen LogP contribution in [0.2, 0.25) is 0 Å². The fourth-order valence-electron chi connectivity index (χ4n) is 2.13. The van der Waals surface area contributed by atoms with Gasteiger partial charge in [-0.3, -0.25) is 4.79 Å². The molecule has 0 unspecified atom stereocenters. The van der Waals surface area contributed by atoms with Crippen LogP contribution in [0.3, 0.4) is 0 Å². The normalized spacial score (nSPS) is 10.4. The molecule has 0 spiro atoms. The molecule has 0 atom stereocenters. The Balaban J connectivity index is 1.52. The van der Waals surface area contributed by atoms with Crippen molar-refractivity contribution >= 4 is 56.6 Å². The van der Waals surface area contributed by atoms with Crippen molar-refractivity contribution in [2.45, 2.75) is 4.34 Å². The molecule has 3 rings (SSSR count). The molecular weight excluding hydrogens is 356 g/mol. The second-order valence-electron chi connectivity index (χ2n) is 5.09. The number of thioether (sulfide) groups is 1. The molecule has 6 nitrogen and oxygen atoms in total. The molecule has 0 saturated carbocycles. The van der Waals surface area contributed by atoms with E-state index in [2.05, 4.69) is 20.9 Å². The van der Waals surface area contributed by atoms with Crippen LogP contribution in [0.1, 0.15) is 0 Å². The summed E-state index contributed by atoms with van der Waals surface area (Å²) in [6, 6.07) is 14.2. The SMILES string of the molecule is CSc1nc2ccc(NC(=O)CNC(=O)Nc3ccccc3)cc2s1. The van der Waals surface area contributed by atoms with Crippen molar-refractivity contribution in [1.82, 2.24) is 10.3 Å². The van der Waals surface area contributed by atoms with Crippen LogP contribution >= 0.6 is 23.1 Å². The Morgan fingerprint density at radius 2 is 1.88 bits per heavy atom. The van der Waals surface area contributed by atoms with Crippen LogP contribution in [0.25, 0.3) is 10.2 Å². The quantitative estimate of drug-likeness (QED) is 0.595. The molecule has 1 heterocycles. The molecule has 128 valence electrons. The fraction of sp³-hybridized carbons (Fsp3) is 0.118. The molecule has 8 heteroatoms. The highest BCUT2D eigenvalue weighted by Crippen LogP contribution is 2.29. The number of thiazole rings is 1. The standard InChI is InChI=1S/C17H16N4O2S2/c1-24-17-21-13-8-7-12(9-14(13)25-17)19-15(22)10-18-16(23)20-11-5-3-2-4-6-11/h2-9H,10H2,1H3,(H,19,22)(H2,18,20,23). The maximum absolute atomic E-state index is 12.0. The summed E-state index contributed by atoms with van der Waals surface area (Å²) in [6.07, 6.45) is 1.98. The van der Waals surface area contributed by atoms with Crippen molar-refractivity contribution < 1.29 is 9.59 Å². The third-order valence-corrected chi connectivity index (χ3v) is 5.27. The second-order valence-corrected chi connectivity index (χ2v) is 7.17. The van der Waals surface area contributed by atoms with E-state index in [1.54, 1.807) is 41.3 Å². The molecule has 2 aromatic carbocycles. The van der Waals surface area contributed by atoms with Crippen molar-refractivity contribution in [2.24, 2.45) is 0 Å². The van der Waals surface area contributed by atoms with E-state index in [1.165, 1.54) is 0 Å². The van der Waals surface area contributed by atoms with E-state index < -0.39 is 6.03 Å². The molecule has 0 saturated heterocycles. The van der Waals surface area contributed by atoms with Crippen molar-refractivity contribution in [1.29, 1.82) is 0 Å². The van der Waals surface area contributed by atoms with Crippen molar-refractivity contribution in [3.63, 3.8) is 0 Å². The number of urea groups is 1. The van der Waals surface area contributed by atoms with E-state index in [9.17, 15) is 9.59 Å². The van der Waals surface area contributed by atoms with Crippen molar-refractivity contribution in [2.75, 3.05) is 23.4 Å². The predicted octanol–water partition coefficient (Wildman–Crippen LogP) is 3.78. The van der Waals surface area contributed by atoms with E-state index in [0.717, 1.165) is 14.6 Å². The number of amides is 3. The van der Waals surface area contributed by atoms with E-state index >= 15 is 0 Å². The molecule has 25 heavy (non-hydrogen) atoms. The molecule has 0 fully saturated rings. The van der Waals surface area contributed by atoms with Gasteiger partial charge in [0.05, 0.1) is 16.8 Å². The van der Waals surface area contributed by atoms with Crippen LogP contribution in [-0.4, -0.2) is 29.7 Å². The van der Waals surface area contributed by atoms with Gasteiger partial charge in [-0.05, 0) is 36.6 Å². The Kier molecular flexibility index (Phi) is 5.52. The Hall–Kier alpha value is -2.58. The van der Waals surface area contributed by atoms with Gasteiger partial charge in [0.25, 0.3) is 0 Å². The highest BCUT2D eigenvalue weighted by Gasteiger charge is 2.08. The maximum Gasteiger partial charge on any atom is 0.319 e. The lowest BCUT2D eigenvalue weighted by Gasteiger charge is -2.08. The minimum absolute atomic E-state index is 0.116. The zero-order valence-corrected chi connectivity index (χ0v) is 15.0. The average molecular weight is 372 g/mol. The van der Waals surface area contributed by atoms with Crippen molar-refractivity contribution in [3.8, 4) is 0 Å². The number of fused-ring (bicyclic) bond motifs is 1. The van der Waals surface area contributed by atoms with E-state index in [1.807, 2.05) is 36.6 Å². The van der Waals surface area contributed by atoms with Crippen molar-refractivity contribution in [3.05, 3.63) is 48.5 Å². The number of hydrogen-bond acceptors (Lipinski definition) is 5. The number of anilines is 2. The first-order valence-electron chi connectivity index (χ1n) is 7.48. The summed E-state index contributed by atoms with van der Waals surface area (Å²) in [7, 11) is 0. The van der Waals surface area contributed by atoms with Gasteiger partial charge < -0.3 is 16.0 Å². The highest BCUT2D eigenvalue weighted by molar-refractivity contribution is 8.00. The number of para-hydroxylation sites is 1.